The maximum atomic E-state index is 12.4. The van der Waals surface area contributed by atoms with E-state index in [0.717, 1.165) is 28.4 Å². The second-order valence-corrected chi connectivity index (χ2v) is 7.85. The zero-order valence-corrected chi connectivity index (χ0v) is 17.4. The number of hydrogen-bond donors (Lipinski definition) is 1. The molecule has 29 heavy (non-hydrogen) atoms. The van der Waals surface area contributed by atoms with Crippen LogP contribution in [0.5, 0.6) is 5.75 Å². The lowest BCUT2D eigenvalue weighted by Crippen LogP contribution is -2.19. The maximum Gasteiger partial charge on any atom is 0.264 e. The van der Waals surface area contributed by atoms with Crippen LogP contribution in [0.3, 0.4) is 0 Å². The Morgan fingerprint density at radius 2 is 1.97 bits per heavy atom. The maximum absolute atomic E-state index is 12.4. The predicted molar refractivity (Wildman–Crippen MR) is 119 cm³/mol. The average Bonchev–Trinajstić information content (AvgIpc) is 3.31. The highest BCUT2D eigenvalue weighted by Crippen LogP contribution is 2.30. The Hall–Kier alpha value is -2.96. The summed E-state index contributed by atoms with van der Waals surface area (Å²) < 4.78 is 7.14. The third-order valence-corrected chi connectivity index (χ3v) is 5.76. The molecule has 7 heteroatoms. The molecule has 1 N–H and O–H groups in total. The third kappa shape index (κ3) is 4.23. The van der Waals surface area contributed by atoms with Crippen LogP contribution in [-0.2, 0) is 4.79 Å². The van der Waals surface area contributed by atoms with Crippen LogP contribution < -0.4 is 10.1 Å². The Kier molecular flexibility index (Phi) is 5.47. The number of amides is 1. The SMILES string of the molecule is COc1ccc(N=C2NC(=O)/C(=C/c3cccn3-c3ccc(C)c(Cl)c3)S2)cc1. The number of rotatable bonds is 4. The van der Waals surface area contributed by atoms with Crippen LogP contribution in [0, 0.1) is 6.92 Å². The first kappa shape index (κ1) is 19.4. The minimum Gasteiger partial charge on any atom is -0.497 e. The molecule has 1 aliphatic heterocycles. The number of nitrogens with zero attached hydrogens (tertiary/aromatic N) is 2. The molecule has 5 nitrogen and oxygen atoms in total. The first-order valence-electron chi connectivity index (χ1n) is 8.91. The van der Waals surface area contributed by atoms with E-state index in [-0.39, 0.29) is 5.91 Å². The fraction of sp³-hybridized carbons (Fsp3) is 0.0909. The smallest absolute Gasteiger partial charge is 0.264 e. The van der Waals surface area contributed by atoms with Gasteiger partial charge in [0.1, 0.15) is 5.75 Å². The molecule has 2 heterocycles. The number of carbonyl (C=O) groups excluding carboxylic acids is 1. The van der Waals surface area contributed by atoms with Gasteiger partial charge in [0.25, 0.3) is 5.91 Å². The number of aryl methyl sites for hydroxylation is 1. The Labute approximate surface area is 178 Å². The van der Waals surface area contributed by atoms with Gasteiger partial charge in [0.15, 0.2) is 5.17 Å². The van der Waals surface area contributed by atoms with Crippen molar-refractivity contribution in [3.05, 3.63) is 82.0 Å². The molecule has 1 aliphatic rings. The van der Waals surface area contributed by atoms with Crippen molar-refractivity contribution in [1.82, 2.24) is 9.88 Å². The van der Waals surface area contributed by atoms with Gasteiger partial charge in [-0.05, 0) is 78.9 Å². The third-order valence-electron chi connectivity index (χ3n) is 4.45. The molecule has 1 fully saturated rings. The standard InChI is InChI=1S/C22H18ClN3O2S/c1-14-5-8-17(12-19(14)23)26-11-3-4-16(26)13-20-21(27)25-22(29-20)24-15-6-9-18(28-2)10-7-15/h3-13H,1-2H3,(H,24,25,27)/b20-13-. The highest BCUT2D eigenvalue weighted by Gasteiger charge is 2.24. The van der Waals surface area contributed by atoms with Gasteiger partial charge < -0.3 is 14.6 Å². The second kappa shape index (κ2) is 8.19. The van der Waals surface area contributed by atoms with Crippen molar-refractivity contribution < 1.29 is 9.53 Å². The van der Waals surface area contributed by atoms with Crippen LogP contribution in [0.2, 0.25) is 5.02 Å². The Morgan fingerprint density at radius 3 is 2.69 bits per heavy atom. The van der Waals surface area contributed by atoms with Gasteiger partial charge in [-0.2, -0.15) is 0 Å². The molecule has 1 amide bonds. The van der Waals surface area contributed by atoms with Crippen molar-refractivity contribution >= 4 is 46.2 Å². The number of ether oxygens (including phenoxy) is 1. The molecule has 0 atom stereocenters. The van der Waals surface area contributed by atoms with Crippen LogP contribution >= 0.6 is 23.4 Å². The van der Waals surface area contributed by atoms with Gasteiger partial charge in [-0.1, -0.05) is 17.7 Å². The molecule has 3 aromatic rings. The van der Waals surface area contributed by atoms with Crippen molar-refractivity contribution in [2.75, 3.05) is 7.11 Å². The predicted octanol–water partition coefficient (Wildman–Crippen LogP) is 5.34. The molecule has 0 spiro atoms. The molecule has 0 saturated carbocycles. The van der Waals surface area contributed by atoms with Gasteiger partial charge in [0, 0.05) is 22.6 Å². The van der Waals surface area contributed by atoms with Crippen LogP contribution in [0.1, 0.15) is 11.3 Å². The zero-order chi connectivity index (χ0) is 20.4. The highest BCUT2D eigenvalue weighted by molar-refractivity contribution is 8.18. The number of aliphatic imine (C=N–C) groups is 1. The lowest BCUT2D eigenvalue weighted by molar-refractivity contribution is -0.115. The average molecular weight is 424 g/mol. The number of methoxy groups -OCH3 is 1. The van der Waals surface area contributed by atoms with E-state index in [0.29, 0.717) is 15.1 Å². The fourth-order valence-electron chi connectivity index (χ4n) is 2.87. The summed E-state index contributed by atoms with van der Waals surface area (Å²) in [6.45, 7) is 1.97. The summed E-state index contributed by atoms with van der Waals surface area (Å²) in [5.41, 5.74) is 3.58. The van der Waals surface area contributed by atoms with Gasteiger partial charge in [-0.15, -0.1) is 0 Å². The summed E-state index contributed by atoms with van der Waals surface area (Å²) >= 11 is 7.58. The van der Waals surface area contributed by atoms with Crippen LogP contribution in [0.15, 0.2) is 70.7 Å². The second-order valence-electron chi connectivity index (χ2n) is 6.42. The number of benzene rings is 2. The molecule has 1 aromatic heterocycles. The minimum absolute atomic E-state index is 0.169. The molecular weight excluding hydrogens is 406 g/mol. The van der Waals surface area contributed by atoms with Crippen molar-refractivity contribution in [3.8, 4) is 11.4 Å². The fourth-order valence-corrected chi connectivity index (χ4v) is 3.87. The molecule has 1 saturated heterocycles. The first-order valence-corrected chi connectivity index (χ1v) is 10.1. The van der Waals surface area contributed by atoms with Crippen molar-refractivity contribution in [2.24, 2.45) is 4.99 Å². The summed E-state index contributed by atoms with van der Waals surface area (Å²) in [6.07, 6.45) is 3.79. The van der Waals surface area contributed by atoms with Gasteiger partial charge in [0.05, 0.1) is 17.7 Å². The van der Waals surface area contributed by atoms with E-state index >= 15 is 0 Å². The number of hydrogen-bond acceptors (Lipinski definition) is 4. The molecule has 146 valence electrons. The van der Waals surface area contributed by atoms with Gasteiger partial charge in [-0.3, -0.25) is 4.79 Å². The summed E-state index contributed by atoms with van der Waals surface area (Å²) in [6, 6.07) is 17.1. The first-order chi connectivity index (χ1) is 14.0. The number of carbonyl (C=O) groups is 1. The van der Waals surface area contributed by atoms with Crippen molar-refractivity contribution in [2.45, 2.75) is 6.92 Å². The monoisotopic (exact) mass is 423 g/mol. The lowest BCUT2D eigenvalue weighted by atomic mass is 10.2. The molecule has 4 rings (SSSR count). The molecule has 2 aromatic carbocycles. The van der Waals surface area contributed by atoms with E-state index in [1.54, 1.807) is 7.11 Å². The van der Waals surface area contributed by atoms with Crippen LogP contribution in [0.4, 0.5) is 5.69 Å². The quantitative estimate of drug-likeness (QED) is 0.576. The van der Waals surface area contributed by atoms with Gasteiger partial charge in [0.2, 0.25) is 0 Å². The number of amidine groups is 1. The number of thioether (sulfide) groups is 1. The van der Waals surface area contributed by atoms with E-state index in [2.05, 4.69) is 10.3 Å². The molecule has 0 aliphatic carbocycles. The van der Waals surface area contributed by atoms with E-state index in [1.165, 1.54) is 11.8 Å². The van der Waals surface area contributed by atoms with Crippen LogP contribution in [0.25, 0.3) is 11.8 Å². The van der Waals surface area contributed by atoms with Gasteiger partial charge in [-0.25, -0.2) is 4.99 Å². The minimum atomic E-state index is -0.169. The summed E-state index contributed by atoms with van der Waals surface area (Å²) in [4.78, 5) is 17.5. The topological polar surface area (TPSA) is 55.6 Å². The van der Waals surface area contributed by atoms with Gasteiger partial charge >= 0.3 is 0 Å². The molecule has 0 radical (unpaired) electrons. The Balaban J connectivity index is 1.59. The molecular formula is C22H18ClN3O2S. The normalized spacial score (nSPS) is 16.4. The summed E-state index contributed by atoms with van der Waals surface area (Å²) in [5.74, 6) is 0.589. The number of nitrogens with one attached hydrogen (secondary N) is 1. The lowest BCUT2D eigenvalue weighted by Gasteiger charge is -2.08. The Bertz CT molecular complexity index is 1130. The van der Waals surface area contributed by atoms with E-state index in [4.69, 9.17) is 16.3 Å². The summed E-state index contributed by atoms with van der Waals surface area (Å²) in [7, 11) is 1.62. The number of aromatic nitrogens is 1. The zero-order valence-electron chi connectivity index (χ0n) is 15.8. The Morgan fingerprint density at radius 1 is 1.17 bits per heavy atom. The summed E-state index contributed by atoms with van der Waals surface area (Å²) in [5, 5.41) is 4.06. The van der Waals surface area contributed by atoms with E-state index in [1.807, 2.05) is 78.4 Å². The highest BCUT2D eigenvalue weighted by atomic mass is 35.5. The van der Waals surface area contributed by atoms with Crippen molar-refractivity contribution in [1.29, 1.82) is 0 Å². The molecule has 0 bridgehead atoms. The van der Waals surface area contributed by atoms with Crippen molar-refractivity contribution in [3.63, 3.8) is 0 Å². The molecule has 0 unspecified atom stereocenters. The van der Waals surface area contributed by atoms with E-state index in [9.17, 15) is 4.79 Å². The number of halogens is 1. The van der Waals surface area contributed by atoms with Crippen LogP contribution in [-0.4, -0.2) is 22.8 Å². The largest absolute Gasteiger partial charge is 0.497 e. The van der Waals surface area contributed by atoms with E-state index < -0.39 is 0 Å².